The number of halogens is 1. The standard InChI is InChI=1S/C29H29FN4O4/c1-29(28(37)38,15-18-7-13-22(35)14-8-18)33-27(36)24-17-32-34-25(20-5-3-2-4-6-20)23(16-31-26(24)34)19-9-11-21(30)12-10-19/h7-14,16-17,20,35H,2-6,15H2,1H3,(H,33,36)(H,37,38). The van der Waals surface area contributed by atoms with Gasteiger partial charge in [-0.1, -0.05) is 43.5 Å². The van der Waals surface area contributed by atoms with Gasteiger partial charge in [0.2, 0.25) is 0 Å². The molecule has 1 aliphatic carbocycles. The molecule has 3 N–H and O–H groups in total. The summed E-state index contributed by atoms with van der Waals surface area (Å²) in [6.45, 7) is 1.44. The Hall–Kier alpha value is -4.27. The number of aromatic hydroxyl groups is 1. The van der Waals surface area contributed by atoms with Crippen LogP contribution in [0.3, 0.4) is 0 Å². The van der Waals surface area contributed by atoms with E-state index < -0.39 is 17.4 Å². The van der Waals surface area contributed by atoms with Crippen molar-refractivity contribution in [2.75, 3.05) is 0 Å². The summed E-state index contributed by atoms with van der Waals surface area (Å²) in [6, 6.07) is 12.4. The minimum absolute atomic E-state index is 0.0169. The van der Waals surface area contributed by atoms with E-state index in [1.807, 2.05) is 0 Å². The number of phenols is 1. The number of phenolic OH excluding ortho intramolecular Hbond substituents is 1. The Labute approximate surface area is 219 Å². The van der Waals surface area contributed by atoms with Crippen molar-refractivity contribution in [3.63, 3.8) is 0 Å². The topological polar surface area (TPSA) is 117 Å². The molecule has 0 spiro atoms. The number of amides is 1. The number of aliphatic carboxylic acids is 1. The van der Waals surface area contributed by atoms with Crippen LogP contribution in [0.5, 0.6) is 5.75 Å². The highest BCUT2D eigenvalue weighted by atomic mass is 19.1. The van der Waals surface area contributed by atoms with Crippen molar-refractivity contribution in [1.29, 1.82) is 0 Å². The van der Waals surface area contributed by atoms with Crippen molar-refractivity contribution < 1.29 is 24.2 Å². The first-order valence-electron chi connectivity index (χ1n) is 12.7. The van der Waals surface area contributed by atoms with E-state index in [0.717, 1.165) is 48.9 Å². The van der Waals surface area contributed by atoms with Gasteiger partial charge in [0.1, 0.15) is 22.7 Å². The summed E-state index contributed by atoms with van der Waals surface area (Å²) < 4.78 is 15.3. The maximum absolute atomic E-state index is 13.6. The van der Waals surface area contributed by atoms with Gasteiger partial charge in [-0.15, -0.1) is 0 Å². The van der Waals surface area contributed by atoms with Crippen molar-refractivity contribution in [3.8, 4) is 16.9 Å². The number of carbonyl (C=O) groups is 2. The summed E-state index contributed by atoms with van der Waals surface area (Å²) in [5.41, 5.74) is 2.12. The smallest absolute Gasteiger partial charge is 0.329 e. The summed E-state index contributed by atoms with van der Waals surface area (Å²) in [5, 5.41) is 26.7. The van der Waals surface area contributed by atoms with E-state index in [0.29, 0.717) is 11.2 Å². The SMILES string of the molecule is CC(Cc1ccc(O)cc1)(NC(=O)c1cnn2c(C3CCCCC3)c(-c3ccc(F)cc3)cnc12)C(=O)O. The van der Waals surface area contributed by atoms with Crippen molar-refractivity contribution in [1.82, 2.24) is 19.9 Å². The predicted octanol–water partition coefficient (Wildman–Crippen LogP) is 5.10. The van der Waals surface area contributed by atoms with Crippen LogP contribution in [0, 0.1) is 5.82 Å². The zero-order chi connectivity index (χ0) is 26.9. The molecule has 9 heteroatoms. The number of carboxylic acids is 1. The highest BCUT2D eigenvalue weighted by molar-refractivity contribution is 6.02. The minimum Gasteiger partial charge on any atom is -0.508 e. The summed E-state index contributed by atoms with van der Waals surface area (Å²) in [7, 11) is 0. The minimum atomic E-state index is -1.61. The van der Waals surface area contributed by atoms with Crippen LogP contribution in [-0.4, -0.2) is 42.2 Å². The van der Waals surface area contributed by atoms with E-state index in [1.54, 1.807) is 35.0 Å². The number of hydrogen-bond acceptors (Lipinski definition) is 5. The predicted molar refractivity (Wildman–Crippen MR) is 140 cm³/mol. The van der Waals surface area contributed by atoms with Gasteiger partial charge in [0.15, 0.2) is 5.65 Å². The Bertz CT molecular complexity index is 1480. The fourth-order valence-corrected chi connectivity index (χ4v) is 5.24. The van der Waals surface area contributed by atoms with Crippen molar-refractivity contribution >= 4 is 17.5 Å². The second-order valence-electron chi connectivity index (χ2n) is 10.1. The largest absolute Gasteiger partial charge is 0.508 e. The number of nitrogens with zero attached hydrogens (tertiary/aromatic N) is 3. The second-order valence-corrected chi connectivity index (χ2v) is 10.1. The van der Waals surface area contributed by atoms with Crippen LogP contribution in [0.4, 0.5) is 4.39 Å². The molecule has 1 atom stereocenters. The van der Waals surface area contributed by atoms with E-state index >= 15 is 0 Å². The number of nitrogens with one attached hydrogen (secondary N) is 1. The van der Waals surface area contributed by atoms with Crippen LogP contribution in [-0.2, 0) is 11.2 Å². The Kier molecular flexibility index (Phi) is 6.84. The Balaban J connectivity index is 1.52. The Morgan fingerprint density at radius 2 is 1.74 bits per heavy atom. The first-order valence-corrected chi connectivity index (χ1v) is 12.7. The molecule has 1 amide bonds. The molecular weight excluding hydrogens is 487 g/mol. The van der Waals surface area contributed by atoms with Crippen LogP contribution in [0.15, 0.2) is 60.9 Å². The van der Waals surface area contributed by atoms with E-state index in [4.69, 9.17) is 0 Å². The maximum atomic E-state index is 13.6. The number of benzene rings is 2. The quantitative estimate of drug-likeness (QED) is 0.315. The third-order valence-corrected chi connectivity index (χ3v) is 7.31. The molecule has 38 heavy (non-hydrogen) atoms. The van der Waals surface area contributed by atoms with E-state index in [2.05, 4.69) is 15.4 Å². The van der Waals surface area contributed by atoms with Crippen LogP contribution in [0.1, 0.15) is 66.6 Å². The zero-order valence-electron chi connectivity index (χ0n) is 21.0. The van der Waals surface area contributed by atoms with Crippen LogP contribution >= 0.6 is 0 Å². The van der Waals surface area contributed by atoms with Gasteiger partial charge in [0.25, 0.3) is 5.91 Å². The summed E-state index contributed by atoms with van der Waals surface area (Å²) in [5.74, 6) is -1.84. The summed E-state index contributed by atoms with van der Waals surface area (Å²) in [4.78, 5) is 30.2. The Morgan fingerprint density at radius 3 is 2.39 bits per heavy atom. The molecule has 2 heterocycles. The van der Waals surface area contributed by atoms with Gasteiger partial charge in [-0.2, -0.15) is 5.10 Å². The van der Waals surface area contributed by atoms with Crippen molar-refractivity contribution in [3.05, 3.63) is 83.6 Å². The third kappa shape index (κ3) is 4.96. The monoisotopic (exact) mass is 516 g/mol. The number of aromatic nitrogens is 3. The molecule has 1 saturated carbocycles. The zero-order valence-corrected chi connectivity index (χ0v) is 21.0. The first-order chi connectivity index (χ1) is 18.2. The molecule has 8 nitrogen and oxygen atoms in total. The van der Waals surface area contributed by atoms with Gasteiger partial charge in [0, 0.05) is 24.1 Å². The lowest BCUT2D eigenvalue weighted by Crippen LogP contribution is -2.53. The molecule has 1 fully saturated rings. The molecule has 0 bridgehead atoms. The molecule has 0 radical (unpaired) electrons. The van der Waals surface area contributed by atoms with E-state index in [9.17, 15) is 24.2 Å². The fourth-order valence-electron chi connectivity index (χ4n) is 5.24. The van der Waals surface area contributed by atoms with E-state index in [1.165, 1.54) is 37.4 Å². The van der Waals surface area contributed by atoms with Crippen molar-refractivity contribution in [2.45, 2.75) is 56.9 Å². The first kappa shape index (κ1) is 25.4. The normalized spacial score (nSPS) is 15.7. The molecule has 4 aromatic rings. The molecule has 0 saturated heterocycles. The molecule has 196 valence electrons. The van der Waals surface area contributed by atoms with Crippen molar-refractivity contribution in [2.24, 2.45) is 0 Å². The molecule has 0 aliphatic heterocycles. The fraction of sp³-hybridized carbons (Fsp3) is 0.310. The lowest BCUT2D eigenvalue weighted by atomic mass is 9.84. The average molecular weight is 517 g/mol. The Morgan fingerprint density at radius 1 is 1.05 bits per heavy atom. The molecule has 5 rings (SSSR count). The molecule has 2 aromatic carbocycles. The molecular formula is C29H29FN4O4. The second kappa shape index (κ2) is 10.2. The van der Waals surface area contributed by atoms with Crippen LogP contribution < -0.4 is 5.32 Å². The summed E-state index contributed by atoms with van der Waals surface area (Å²) in [6.07, 6.45) is 8.40. The van der Waals surface area contributed by atoms with Gasteiger partial charge in [-0.25, -0.2) is 18.7 Å². The van der Waals surface area contributed by atoms with Gasteiger partial charge < -0.3 is 15.5 Å². The highest BCUT2D eigenvalue weighted by Crippen LogP contribution is 2.38. The van der Waals surface area contributed by atoms with Gasteiger partial charge >= 0.3 is 5.97 Å². The van der Waals surface area contributed by atoms with Gasteiger partial charge in [-0.05, 0) is 55.2 Å². The average Bonchev–Trinajstić information content (AvgIpc) is 3.35. The number of fused-ring (bicyclic) bond motifs is 1. The number of rotatable bonds is 7. The third-order valence-electron chi connectivity index (χ3n) is 7.31. The molecule has 2 aromatic heterocycles. The number of carboxylic acid groups (broad SMARTS) is 1. The van der Waals surface area contributed by atoms with Gasteiger partial charge in [0.05, 0.1) is 11.9 Å². The maximum Gasteiger partial charge on any atom is 0.329 e. The molecule has 1 aliphatic rings. The lowest BCUT2D eigenvalue weighted by Gasteiger charge is -2.26. The number of carbonyl (C=O) groups excluding carboxylic acids is 1. The lowest BCUT2D eigenvalue weighted by molar-refractivity contribution is -0.143. The summed E-state index contributed by atoms with van der Waals surface area (Å²) >= 11 is 0. The van der Waals surface area contributed by atoms with E-state index in [-0.39, 0.29) is 29.5 Å². The van der Waals surface area contributed by atoms with Crippen LogP contribution in [0.25, 0.3) is 16.8 Å². The molecule has 1 unspecified atom stereocenters. The van der Waals surface area contributed by atoms with Gasteiger partial charge in [-0.3, -0.25) is 4.79 Å². The highest BCUT2D eigenvalue weighted by Gasteiger charge is 2.36. The number of hydrogen-bond donors (Lipinski definition) is 3. The van der Waals surface area contributed by atoms with Crippen LogP contribution in [0.2, 0.25) is 0 Å².